The normalized spacial score (nSPS) is 15.2. The van der Waals surface area contributed by atoms with E-state index in [1.54, 1.807) is 31.4 Å². The van der Waals surface area contributed by atoms with Crippen molar-refractivity contribution in [2.75, 3.05) is 26.1 Å². The maximum absolute atomic E-state index is 13.1. The van der Waals surface area contributed by atoms with Gasteiger partial charge in [-0.1, -0.05) is 43.0 Å². The summed E-state index contributed by atoms with van der Waals surface area (Å²) in [4.78, 5) is 25.5. The second-order valence-corrected chi connectivity index (χ2v) is 7.78. The lowest BCUT2D eigenvalue weighted by molar-refractivity contribution is -0.154. The van der Waals surface area contributed by atoms with E-state index in [4.69, 9.17) is 25.8 Å². The summed E-state index contributed by atoms with van der Waals surface area (Å²) in [7, 11) is 3.05. The Bertz CT molecular complexity index is 908. The van der Waals surface area contributed by atoms with Crippen molar-refractivity contribution in [1.29, 1.82) is 0 Å². The number of esters is 1. The smallest absolute Gasteiger partial charge is 0.317 e. The predicted molar refractivity (Wildman–Crippen MR) is 115 cm³/mol. The van der Waals surface area contributed by atoms with Crippen molar-refractivity contribution < 1.29 is 23.8 Å². The molecule has 1 amide bonds. The van der Waals surface area contributed by atoms with Gasteiger partial charge in [-0.25, -0.2) is 0 Å². The lowest BCUT2D eigenvalue weighted by Crippen LogP contribution is -2.40. The van der Waals surface area contributed by atoms with Crippen molar-refractivity contribution in [1.82, 2.24) is 0 Å². The van der Waals surface area contributed by atoms with Gasteiger partial charge in [0.1, 0.15) is 11.5 Å². The summed E-state index contributed by atoms with van der Waals surface area (Å²) >= 11 is 6.16. The number of carbonyl (C=O) groups is 2. The number of hydrogen-bond donors (Lipinski definition) is 1. The lowest BCUT2D eigenvalue weighted by atomic mass is 9.69. The summed E-state index contributed by atoms with van der Waals surface area (Å²) in [5, 5.41) is 3.29. The minimum absolute atomic E-state index is 0.379. The van der Waals surface area contributed by atoms with E-state index in [-0.39, 0.29) is 12.6 Å². The van der Waals surface area contributed by atoms with Gasteiger partial charge < -0.3 is 19.5 Å². The van der Waals surface area contributed by atoms with Gasteiger partial charge in [0.25, 0.3) is 5.91 Å². The van der Waals surface area contributed by atoms with E-state index in [9.17, 15) is 9.59 Å². The number of carbonyl (C=O) groups excluding carboxylic acids is 2. The largest absolute Gasteiger partial charge is 0.497 e. The zero-order chi connectivity index (χ0) is 21.6. The quantitative estimate of drug-likeness (QED) is 0.641. The summed E-state index contributed by atoms with van der Waals surface area (Å²) < 4.78 is 15.9. The molecule has 0 aliphatic heterocycles. The van der Waals surface area contributed by atoms with Crippen LogP contribution >= 0.6 is 11.6 Å². The van der Waals surface area contributed by atoms with E-state index in [0.29, 0.717) is 35.1 Å². The van der Waals surface area contributed by atoms with Crippen LogP contribution in [0.1, 0.15) is 37.7 Å². The molecule has 0 atom stereocenters. The number of benzene rings is 2. The van der Waals surface area contributed by atoms with Gasteiger partial charge in [0.15, 0.2) is 6.61 Å². The van der Waals surface area contributed by atoms with Gasteiger partial charge in [-0.3, -0.25) is 9.59 Å². The molecule has 7 heteroatoms. The van der Waals surface area contributed by atoms with Crippen LogP contribution in [0.25, 0.3) is 0 Å². The number of halogens is 1. The first kappa shape index (κ1) is 22.0. The number of ether oxygens (including phenoxy) is 3. The molecule has 1 N–H and O–H groups in total. The fourth-order valence-electron chi connectivity index (χ4n) is 3.91. The van der Waals surface area contributed by atoms with Crippen molar-refractivity contribution in [3.63, 3.8) is 0 Å². The molecule has 1 aliphatic carbocycles. The van der Waals surface area contributed by atoms with Crippen LogP contribution in [0.2, 0.25) is 5.02 Å². The van der Waals surface area contributed by atoms with Gasteiger partial charge in [0.2, 0.25) is 0 Å². The third kappa shape index (κ3) is 4.87. The highest BCUT2D eigenvalue weighted by Gasteiger charge is 2.43. The highest BCUT2D eigenvalue weighted by Crippen LogP contribution is 2.41. The molecule has 1 aliphatic rings. The highest BCUT2D eigenvalue weighted by molar-refractivity contribution is 6.30. The number of nitrogens with one attached hydrogen (secondary N) is 1. The molecule has 2 aromatic rings. The first-order valence-electron chi connectivity index (χ1n) is 9.93. The van der Waals surface area contributed by atoms with Crippen LogP contribution < -0.4 is 14.8 Å². The van der Waals surface area contributed by atoms with Gasteiger partial charge in [-0.2, -0.15) is 0 Å². The summed E-state index contributed by atoms with van der Waals surface area (Å²) in [6, 6.07) is 12.4. The fraction of sp³-hybridized carbons (Fsp3) is 0.391. The number of amides is 1. The Morgan fingerprint density at radius 3 is 2.47 bits per heavy atom. The molecular weight excluding hydrogens is 406 g/mol. The van der Waals surface area contributed by atoms with Gasteiger partial charge in [0.05, 0.1) is 25.3 Å². The van der Waals surface area contributed by atoms with Crippen LogP contribution in [0.15, 0.2) is 42.5 Å². The summed E-state index contributed by atoms with van der Waals surface area (Å²) in [5.74, 6) is 0.235. The van der Waals surface area contributed by atoms with E-state index in [1.165, 1.54) is 7.11 Å². The topological polar surface area (TPSA) is 73.9 Å². The van der Waals surface area contributed by atoms with Crippen LogP contribution in [0, 0.1) is 0 Å². The van der Waals surface area contributed by atoms with Crippen molar-refractivity contribution in [3.8, 4) is 11.5 Å². The second-order valence-electron chi connectivity index (χ2n) is 7.34. The van der Waals surface area contributed by atoms with Crippen LogP contribution in [0.3, 0.4) is 0 Å². The van der Waals surface area contributed by atoms with Crippen LogP contribution in [-0.4, -0.2) is 32.7 Å². The van der Waals surface area contributed by atoms with E-state index in [1.807, 2.05) is 18.2 Å². The Balaban J connectivity index is 1.69. The zero-order valence-corrected chi connectivity index (χ0v) is 18.0. The molecule has 2 aromatic carbocycles. The Morgan fingerprint density at radius 2 is 1.80 bits per heavy atom. The average Bonchev–Trinajstić information content (AvgIpc) is 2.78. The molecule has 0 saturated heterocycles. The van der Waals surface area contributed by atoms with Gasteiger partial charge in [0, 0.05) is 11.1 Å². The molecule has 3 rings (SSSR count). The molecule has 0 aromatic heterocycles. The molecular formula is C23H26ClNO5. The Kier molecular flexibility index (Phi) is 7.21. The lowest BCUT2D eigenvalue weighted by Gasteiger charge is -2.35. The SMILES string of the molecule is COc1ccc(NC(=O)COC(=O)C2(c3cccc(Cl)c3)CCCCC2)c(OC)c1. The van der Waals surface area contributed by atoms with Gasteiger partial charge >= 0.3 is 5.97 Å². The molecule has 0 bridgehead atoms. The molecule has 1 fully saturated rings. The third-order valence-electron chi connectivity index (χ3n) is 5.49. The highest BCUT2D eigenvalue weighted by atomic mass is 35.5. The Morgan fingerprint density at radius 1 is 1.03 bits per heavy atom. The first-order valence-corrected chi connectivity index (χ1v) is 10.3. The second kappa shape index (κ2) is 9.85. The molecule has 160 valence electrons. The summed E-state index contributed by atoms with van der Waals surface area (Å²) in [6.07, 6.45) is 4.29. The average molecular weight is 432 g/mol. The van der Waals surface area contributed by atoms with Crippen molar-refractivity contribution in [2.24, 2.45) is 0 Å². The minimum Gasteiger partial charge on any atom is -0.497 e. The van der Waals surface area contributed by atoms with Crippen molar-refractivity contribution >= 4 is 29.2 Å². The first-order chi connectivity index (χ1) is 14.5. The standard InChI is InChI=1S/C23H26ClNO5/c1-28-18-9-10-19(20(14-18)29-2)25-21(26)15-30-22(27)23(11-4-3-5-12-23)16-7-6-8-17(24)13-16/h6-10,13-14H,3-5,11-12,15H2,1-2H3,(H,25,26). The van der Waals surface area contributed by atoms with Gasteiger partial charge in [-0.15, -0.1) is 0 Å². The van der Waals surface area contributed by atoms with Crippen LogP contribution in [0.5, 0.6) is 11.5 Å². The minimum atomic E-state index is -0.763. The number of rotatable bonds is 7. The number of anilines is 1. The van der Waals surface area contributed by atoms with E-state index >= 15 is 0 Å². The molecule has 0 spiro atoms. The summed E-state index contributed by atoms with van der Waals surface area (Å²) in [6.45, 7) is -0.379. The van der Waals surface area contributed by atoms with E-state index < -0.39 is 11.3 Å². The molecule has 6 nitrogen and oxygen atoms in total. The van der Waals surface area contributed by atoms with Crippen molar-refractivity contribution in [2.45, 2.75) is 37.5 Å². The molecule has 30 heavy (non-hydrogen) atoms. The Labute approximate surface area is 181 Å². The van der Waals surface area contributed by atoms with Gasteiger partial charge in [-0.05, 0) is 42.7 Å². The van der Waals surface area contributed by atoms with E-state index in [2.05, 4.69) is 5.32 Å². The maximum Gasteiger partial charge on any atom is 0.317 e. The maximum atomic E-state index is 13.1. The van der Waals surface area contributed by atoms with Crippen LogP contribution in [0.4, 0.5) is 5.69 Å². The molecule has 0 unspecified atom stereocenters. The number of hydrogen-bond acceptors (Lipinski definition) is 5. The predicted octanol–water partition coefficient (Wildman–Crippen LogP) is 4.74. The number of methoxy groups -OCH3 is 2. The van der Waals surface area contributed by atoms with Crippen molar-refractivity contribution in [3.05, 3.63) is 53.1 Å². The summed E-state index contributed by atoms with van der Waals surface area (Å²) in [5.41, 5.74) is 0.555. The zero-order valence-electron chi connectivity index (χ0n) is 17.2. The molecule has 0 radical (unpaired) electrons. The fourth-order valence-corrected chi connectivity index (χ4v) is 4.10. The molecule has 0 heterocycles. The van der Waals surface area contributed by atoms with E-state index in [0.717, 1.165) is 24.8 Å². The third-order valence-corrected chi connectivity index (χ3v) is 5.73. The van der Waals surface area contributed by atoms with Crippen LogP contribution in [-0.2, 0) is 19.7 Å². The monoisotopic (exact) mass is 431 g/mol. The molecule has 1 saturated carbocycles. The Hall–Kier alpha value is -2.73.